The molecule has 0 radical (unpaired) electrons. The molecule has 1 N–H and O–H groups in total. The molecular formula is C18H19FN4O. The first kappa shape index (κ1) is 16.0. The van der Waals surface area contributed by atoms with Crippen molar-refractivity contribution in [1.29, 1.82) is 0 Å². The van der Waals surface area contributed by atoms with Gasteiger partial charge < -0.3 is 14.7 Å². The van der Waals surface area contributed by atoms with E-state index in [4.69, 9.17) is 4.52 Å². The third-order valence-electron chi connectivity index (χ3n) is 3.68. The van der Waals surface area contributed by atoms with Crippen molar-refractivity contribution in [3.63, 3.8) is 0 Å². The lowest BCUT2D eigenvalue weighted by Gasteiger charge is -2.18. The van der Waals surface area contributed by atoms with Crippen molar-refractivity contribution in [2.45, 2.75) is 6.42 Å². The lowest BCUT2D eigenvalue weighted by Crippen LogP contribution is -2.20. The third-order valence-corrected chi connectivity index (χ3v) is 3.68. The monoisotopic (exact) mass is 326 g/mol. The minimum Gasteiger partial charge on any atom is -0.375 e. The van der Waals surface area contributed by atoms with Crippen LogP contribution in [0.2, 0.25) is 0 Å². The molecule has 5 nitrogen and oxygen atoms in total. The lowest BCUT2D eigenvalue weighted by atomic mass is 10.2. The number of anilines is 2. The Morgan fingerprint density at radius 2 is 1.83 bits per heavy atom. The number of halogens is 1. The van der Waals surface area contributed by atoms with Gasteiger partial charge >= 0.3 is 6.01 Å². The van der Waals surface area contributed by atoms with Gasteiger partial charge in [0.25, 0.3) is 0 Å². The highest BCUT2D eigenvalue weighted by Gasteiger charge is 2.11. The molecular weight excluding hydrogens is 307 g/mol. The molecule has 6 heteroatoms. The Balaban J connectivity index is 1.49. The molecule has 3 aromatic rings. The van der Waals surface area contributed by atoms with Crippen molar-refractivity contribution in [3.05, 3.63) is 60.4 Å². The molecule has 0 unspecified atom stereocenters. The fourth-order valence-electron chi connectivity index (χ4n) is 2.37. The first-order valence-corrected chi connectivity index (χ1v) is 7.83. The smallest absolute Gasteiger partial charge is 0.321 e. The van der Waals surface area contributed by atoms with Crippen molar-refractivity contribution < 1.29 is 8.91 Å². The summed E-state index contributed by atoms with van der Waals surface area (Å²) in [6.07, 6.45) is 0.906. The fraction of sp³-hybridized carbons (Fsp3) is 0.222. The molecule has 0 saturated heterocycles. The van der Waals surface area contributed by atoms with E-state index < -0.39 is 0 Å². The number of benzene rings is 2. The van der Waals surface area contributed by atoms with E-state index in [0.717, 1.165) is 13.0 Å². The van der Waals surface area contributed by atoms with Crippen molar-refractivity contribution >= 4 is 11.7 Å². The number of nitrogens with zero attached hydrogens (tertiary/aromatic N) is 3. The van der Waals surface area contributed by atoms with Crippen molar-refractivity contribution in [2.24, 2.45) is 0 Å². The van der Waals surface area contributed by atoms with Gasteiger partial charge in [0.15, 0.2) is 0 Å². The molecule has 0 bridgehead atoms. The van der Waals surface area contributed by atoms with E-state index >= 15 is 0 Å². The van der Waals surface area contributed by atoms with Gasteiger partial charge in [0, 0.05) is 25.8 Å². The summed E-state index contributed by atoms with van der Waals surface area (Å²) in [5.41, 5.74) is 1.51. The molecule has 0 spiro atoms. The highest BCUT2D eigenvalue weighted by atomic mass is 19.1. The zero-order chi connectivity index (χ0) is 16.8. The van der Waals surface area contributed by atoms with Crippen molar-refractivity contribution in [3.8, 4) is 11.4 Å². The minimum absolute atomic E-state index is 0.247. The van der Waals surface area contributed by atoms with E-state index in [1.165, 1.54) is 11.8 Å². The second-order valence-corrected chi connectivity index (χ2v) is 5.44. The Bertz CT molecular complexity index is 775. The number of aromatic nitrogens is 2. The molecule has 124 valence electrons. The largest absolute Gasteiger partial charge is 0.375 e. The van der Waals surface area contributed by atoms with Gasteiger partial charge in [0.05, 0.1) is 5.56 Å². The van der Waals surface area contributed by atoms with Gasteiger partial charge in [-0.05, 0) is 30.7 Å². The molecule has 0 atom stereocenters. The number of hydrogen-bond donors (Lipinski definition) is 1. The molecule has 2 aromatic carbocycles. The summed E-state index contributed by atoms with van der Waals surface area (Å²) in [6.45, 7) is 1.58. The Morgan fingerprint density at radius 1 is 1.08 bits per heavy atom. The first-order valence-electron chi connectivity index (χ1n) is 7.83. The Labute approximate surface area is 140 Å². The Morgan fingerprint density at radius 3 is 2.62 bits per heavy atom. The molecule has 1 heterocycles. The van der Waals surface area contributed by atoms with E-state index in [2.05, 4.69) is 39.5 Å². The SMILES string of the molecule is CN(CCCNc1nc(-c2ccccc2F)no1)c1ccccc1. The average Bonchev–Trinajstić information content (AvgIpc) is 3.08. The minimum atomic E-state index is -0.366. The second kappa shape index (κ2) is 7.59. The Hall–Kier alpha value is -2.89. The first-order chi connectivity index (χ1) is 11.7. The van der Waals surface area contributed by atoms with Crippen LogP contribution in [0.5, 0.6) is 0 Å². The summed E-state index contributed by atoms with van der Waals surface area (Å²) in [5, 5.41) is 6.88. The second-order valence-electron chi connectivity index (χ2n) is 5.44. The average molecular weight is 326 g/mol. The summed E-state index contributed by atoms with van der Waals surface area (Å²) in [4.78, 5) is 6.35. The summed E-state index contributed by atoms with van der Waals surface area (Å²) in [5.74, 6) is -0.119. The summed E-state index contributed by atoms with van der Waals surface area (Å²) in [7, 11) is 2.05. The quantitative estimate of drug-likeness (QED) is 0.669. The van der Waals surface area contributed by atoms with E-state index in [-0.39, 0.29) is 11.6 Å². The standard InChI is InChI=1S/C18H19FN4O/c1-23(14-8-3-2-4-9-14)13-7-12-20-18-21-17(22-24-18)15-10-5-6-11-16(15)19/h2-6,8-11H,7,12-13H2,1H3,(H,20,21,22). The van der Waals surface area contributed by atoms with Gasteiger partial charge in [-0.3, -0.25) is 0 Å². The molecule has 3 rings (SSSR count). The number of para-hydroxylation sites is 1. The van der Waals surface area contributed by atoms with E-state index in [1.807, 2.05) is 18.2 Å². The van der Waals surface area contributed by atoms with Crippen LogP contribution in [0.15, 0.2) is 59.1 Å². The molecule has 0 aliphatic heterocycles. The zero-order valence-corrected chi connectivity index (χ0v) is 13.4. The van der Waals surface area contributed by atoms with Crippen LogP contribution in [0.3, 0.4) is 0 Å². The van der Waals surface area contributed by atoms with Crippen LogP contribution in [-0.4, -0.2) is 30.3 Å². The van der Waals surface area contributed by atoms with Crippen LogP contribution in [0.1, 0.15) is 6.42 Å². The molecule has 0 aliphatic rings. The lowest BCUT2D eigenvalue weighted by molar-refractivity contribution is 0.431. The maximum atomic E-state index is 13.7. The third kappa shape index (κ3) is 3.90. The van der Waals surface area contributed by atoms with Crippen LogP contribution in [-0.2, 0) is 0 Å². The molecule has 0 amide bonds. The van der Waals surface area contributed by atoms with Crippen LogP contribution >= 0.6 is 0 Å². The molecule has 24 heavy (non-hydrogen) atoms. The van der Waals surface area contributed by atoms with Crippen LogP contribution in [0.25, 0.3) is 11.4 Å². The normalized spacial score (nSPS) is 10.6. The number of hydrogen-bond acceptors (Lipinski definition) is 5. The van der Waals surface area contributed by atoms with Crippen LogP contribution in [0, 0.1) is 5.82 Å². The number of nitrogens with one attached hydrogen (secondary N) is 1. The summed E-state index contributed by atoms with van der Waals surface area (Å²) < 4.78 is 18.8. The highest BCUT2D eigenvalue weighted by Crippen LogP contribution is 2.20. The molecule has 0 saturated carbocycles. The van der Waals surface area contributed by atoms with E-state index in [1.54, 1.807) is 18.2 Å². The molecule has 1 aromatic heterocycles. The van der Waals surface area contributed by atoms with Gasteiger partial charge in [0.2, 0.25) is 5.82 Å². The fourth-order valence-corrected chi connectivity index (χ4v) is 2.37. The van der Waals surface area contributed by atoms with E-state index in [9.17, 15) is 4.39 Å². The zero-order valence-electron chi connectivity index (χ0n) is 13.4. The maximum absolute atomic E-state index is 13.7. The van der Waals surface area contributed by atoms with Gasteiger partial charge in [-0.25, -0.2) is 4.39 Å². The molecule has 0 aliphatic carbocycles. The van der Waals surface area contributed by atoms with Crippen LogP contribution in [0.4, 0.5) is 16.1 Å². The van der Waals surface area contributed by atoms with Gasteiger partial charge in [-0.1, -0.05) is 35.5 Å². The predicted molar refractivity (Wildman–Crippen MR) is 92.5 cm³/mol. The van der Waals surface area contributed by atoms with Gasteiger partial charge in [0.1, 0.15) is 5.82 Å². The highest BCUT2D eigenvalue weighted by molar-refractivity contribution is 5.56. The van der Waals surface area contributed by atoms with E-state index in [0.29, 0.717) is 18.1 Å². The van der Waals surface area contributed by atoms with Crippen molar-refractivity contribution in [1.82, 2.24) is 10.1 Å². The van der Waals surface area contributed by atoms with Gasteiger partial charge in [-0.15, -0.1) is 0 Å². The summed E-state index contributed by atoms with van der Waals surface area (Å²) in [6, 6.07) is 16.9. The summed E-state index contributed by atoms with van der Waals surface area (Å²) >= 11 is 0. The van der Waals surface area contributed by atoms with Crippen molar-refractivity contribution in [2.75, 3.05) is 30.4 Å². The topological polar surface area (TPSA) is 54.2 Å². The Kier molecular flexibility index (Phi) is 5.05. The molecule has 0 fully saturated rings. The van der Waals surface area contributed by atoms with Gasteiger partial charge in [-0.2, -0.15) is 4.98 Å². The number of rotatable bonds is 7. The maximum Gasteiger partial charge on any atom is 0.321 e. The predicted octanol–water partition coefficient (Wildman–Crippen LogP) is 3.81. The van der Waals surface area contributed by atoms with Crippen LogP contribution < -0.4 is 10.2 Å².